The number of fused-ring (bicyclic) bond motifs is 1. The first-order valence-corrected chi connectivity index (χ1v) is 10.5. The van der Waals surface area contributed by atoms with E-state index in [-0.39, 0.29) is 12.0 Å². The molecule has 3 heterocycles. The number of morpholine rings is 1. The van der Waals surface area contributed by atoms with Gasteiger partial charge >= 0.3 is 0 Å². The molecule has 6 nitrogen and oxygen atoms in total. The van der Waals surface area contributed by atoms with Crippen molar-refractivity contribution in [1.29, 1.82) is 0 Å². The first-order valence-electron chi connectivity index (χ1n) is 10.5. The van der Waals surface area contributed by atoms with Crippen LogP contribution in [0.5, 0.6) is 5.88 Å². The molecule has 0 bridgehead atoms. The summed E-state index contributed by atoms with van der Waals surface area (Å²) in [7, 11) is 0. The number of carbonyl (C=O) groups excluding carboxylic acids is 1. The molecule has 0 spiro atoms. The van der Waals surface area contributed by atoms with Gasteiger partial charge < -0.3 is 19.3 Å². The molecule has 1 atom stereocenters. The second-order valence-electron chi connectivity index (χ2n) is 7.77. The van der Waals surface area contributed by atoms with Crippen molar-refractivity contribution in [3.63, 3.8) is 0 Å². The minimum Gasteiger partial charge on any atom is -0.472 e. The van der Waals surface area contributed by atoms with Crippen LogP contribution in [-0.4, -0.2) is 61.3 Å². The summed E-state index contributed by atoms with van der Waals surface area (Å²) in [5.74, 6) is 0.670. The third kappa shape index (κ3) is 3.96. The summed E-state index contributed by atoms with van der Waals surface area (Å²) in [6, 6.07) is 19.8. The largest absolute Gasteiger partial charge is 0.472 e. The zero-order chi connectivity index (χ0) is 20.3. The van der Waals surface area contributed by atoms with Crippen molar-refractivity contribution in [2.45, 2.75) is 12.5 Å². The van der Waals surface area contributed by atoms with E-state index in [1.165, 1.54) is 0 Å². The predicted molar refractivity (Wildman–Crippen MR) is 116 cm³/mol. The van der Waals surface area contributed by atoms with Crippen molar-refractivity contribution in [3.05, 3.63) is 66.2 Å². The van der Waals surface area contributed by atoms with Gasteiger partial charge in [0.2, 0.25) is 5.88 Å². The summed E-state index contributed by atoms with van der Waals surface area (Å²) in [6.07, 6.45) is 0.779. The second kappa shape index (κ2) is 8.32. The van der Waals surface area contributed by atoms with Crippen molar-refractivity contribution in [2.75, 3.05) is 44.3 Å². The standard InChI is InChI=1S/C24H25N3O3/c28-24(19-5-8-20(9-6-19)26-13-15-29-16-14-26)27-12-11-21(17-27)30-23-10-7-18-3-1-2-4-22(18)25-23/h1-10,21H,11-17H2/t21-/m0/s1. The number of aromatic nitrogens is 1. The highest BCUT2D eigenvalue weighted by atomic mass is 16.5. The van der Waals surface area contributed by atoms with Gasteiger partial charge in [-0.1, -0.05) is 18.2 Å². The van der Waals surface area contributed by atoms with Gasteiger partial charge in [-0.3, -0.25) is 4.79 Å². The molecule has 0 unspecified atom stereocenters. The Morgan fingerprint density at radius 1 is 0.967 bits per heavy atom. The molecule has 30 heavy (non-hydrogen) atoms. The fourth-order valence-corrected chi connectivity index (χ4v) is 4.11. The lowest BCUT2D eigenvalue weighted by Crippen LogP contribution is -2.36. The molecule has 6 heteroatoms. The van der Waals surface area contributed by atoms with E-state index in [2.05, 4.69) is 9.88 Å². The van der Waals surface area contributed by atoms with Crippen LogP contribution in [0.1, 0.15) is 16.8 Å². The van der Waals surface area contributed by atoms with Gasteiger partial charge in [0.05, 0.1) is 25.3 Å². The van der Waals surface area contributed by atoms with Crippen molar-refractivity contribution in [3.8, 4) is 5.88 Å². The second-order valence-corrected chi connectivity index (χ2v) is 7.77. The number of amides is 1. The quantitative estimate of drug-likeness (QED) is 0.669. The average molecular weight is 403 g/mol. The summed E-state index contributed by atoms with van der Waals surface area (Å²) < 4.78 is 11.5. The predicted octanol–water partition coefficient (Wildman–Crippen LogP) is 3.36. The molecule has 2 saturated heterocycles. The first kappa shape index (κ1) is 18.9. The number of hydrogen-bond donors (Lipinski definition) is 0. The summed E-state index contributed by atoms with van der Waals surface area (Å²) in [5, 5.41) is 1.09. The molecule has 154 valence electrons. The molecule has 1 aromatic heterocycles. The molecule has 2 aliphatic heterocycles. The summed E-state index contributed by atoms with van der Waals surface area (Å²) in [5.41, 5.74) is 2.78. The van der Waals surface area contributed by atoms with Crippen molar-refractivity contribution in [2.24, 2.45) is 0 Å². The lowest BCUT2D eigenvalue weighted by atomic mass is 10.1. The lowest BCUT2D eigenvalue weighted by Gasteiger charge is -2.29. The molecule has 1 amide bonds. The first-order chi connectivity index (χ1) is 14.8. The van der Waals surface area contributed by atoms with Crippen molar-refractivity contribution < 1.29 is 14.3 Å². The number of anilines is 1. The SMILES string of the molecule is O=C(c1ccc(N2CCOCC2)cc1)N1CC[C@H](Oc2ccc3ccccc3n2)C1. The minimum absolute atomic E-state index is 0.0322. The monoisotopic (exact) mass is 403 g/mol. The van der Waals surface area contributed by atoms with Crippen LogP contribution in [0.2, 0.25) is 0 Å². The average Bonchev–Trinajstić information content (AvgIpc) is 3.27. The normalized spacial score (nSPS) is 19.3. The molecule has 0 saturated carbocycles. The van der Waals surface area contributed by atoms with Gasteiger partial charge in [0.1, 0.15) is 6.10 Å². The highest BCUT2D eigenvalue weighted by Gasteiger charge is 2.28. The molecule has 3 aromatic rings. The van der Waals surface area contributed by atoms with E-state index in [4.69, 9.17) is 9.47 Å². The van der Waals surface area contributed by atoms with Crippen LogP contribution >= 0.6 is 0 Å². The third-order valence-corrected chi connectivity index (χ3v) is 5.78. The smallest absolute Gasteiger partial charge is 0.253 e. The molecule has 0 radical (unpaired) electrons. The molecule has 2 aromatic carbocycles. The number of benzene rings is 2. The Morgan fingerprint density at radius 3 is 2.60 bits per heavy atom. The Labute approximate surface area is 176 Å². The Balaban J connectivity index is 1.21. The van der Waals surface area contributed by atoms with Crippen LogP contribution in [0.4, 0.5) is 5.69 Å². The number of para-hydroxylation sites is 1. The topological polar surface area (TPSA) is 54.9 Å². The van der Waals surface area contributed by atoms with E-state index in [0.717, 1.165) is 54.9 Å². The maximum atomic E-state index is 12.9. The van der Waals surface area contributed by atoms with Gasteiger partial charge in [0.25, 0.3) is 5.91 Å². The molecule has 2 fully saturated rings. The van der Waals surface area contributed by atoms with Crippen LogP contribution in [0.3, 0.4) is 0 Å². The van der Waals surface area contributed by atoms with E-state index >= 15 is 0 Å². The van der Waals surface area contributed by atoms with E-state index in [9.17, 15) is 4.79 Å². The van der Waals surface area contributed by atoms with Gasteiger partial charge in [0, 0.05) is 48.8 Å². The zero-order valence-corrected chi connectivity index (χ0v) is 16.9. The molecule has 0 N–H and O–H groups in total. The lowest BCUT2D eigenvalue weighted by molar-refractivity contribution is 0.0771. The van der Waals surface area contributed by atoms with E-state index < -0.39 is 0 Å². The van der Waals surface area contributed by atoms with Gasteiger partial charge in [-0.05, 0) is 36.4 Å². The maximum Gasteiger partial charge on any atom is 0.253 e. The number of hydrogen-bond acceptors (Lipinski definition) is 5. The number of rotatable bonds is 4. The summed E-state index contributed by atoms with van der Waals surface area (Å²) in [6.45, 7) is 4.56. The van der Waals surface area contributed by atoms with Crippen LogP contribution < -0.4 is 9.64 Å². The maximum absolute atomic E-state index is 12.9. The Kier molecular flexibility index (Phi) is 5.24. The third-order valence-electron chi connectivity index (χ3n) is 5.78. The molecule has 5 rings (SSSR count). The highest BCUT2D eigenvalue weighted by Crippen LogP contribution is 2.22. The molecular formula is C24H25N3O3. The van der Waals surface area contributed by atoms with E-state index in [1.807, 2.05) is 65.6 Å². The van der Waals surface area contributed by atoms with Crippen LogP contribution in [-0.2, 0) is 4.74 Å². The highest BCUT2D eigenvalue weighted by molar-refractivity contribution is 5.94. The fraction of sp³-hybridized carbons (Fsp3) is 0.333. The number of pyridine rings is 1. The summed E-state index contributed by atoms with van der Waals surface area (Å²) in [4.78, 5) is 21.7. The Morgan fingerprint density at radius 2 is 1.77 bits per heavy atom. The van der Waals surface area contributed by atoms with Gasteiger partial charge in [-0.2, -0.15) is 0 Å². The minimum atomic E-state index is -0.0322. The Hall–Kier alpha value is -3.12. The van der Waals surface area contributed by atoms with Crippen LogP contribution in [0.15, 0.2) is 60.7 Å². The molecular weight excluding hydrogens is 378 g/mol. The van der Waals surface area contributed by atoms with Crippen molar-refractivity contribution >= 4 is 22.5 Å². The molecule has 2 aliphatic rings. The van der Waals surface area contributed by atoms with Gasteiger partial charge in [-0.15, -0.1) is 0 Å². The zero-order valence-electron chi connectivity index (χ0n) is 16.9. The number of ether oxygens (including phenoxy) is 2. The molecule has 0 aliphatic carbocycles. The summed E-state index contributed by atoms with van der Waals surface area (Å²) >= 11 is 0. The van der Waals surface area contributed by atoms with Crippen LogP contribution in [0.25, 0.3) is 10.9 Å². The van der Waals surface area contributed by atoms with Gasteiger partial charge in [-0.25, -0.2) is 4.98 Å². The van der Waals surface area contributed by atoms with Gasteiger partial charge in [0.15, 0.2) is 0 Å². The number of carbonyl (C=O) groups is 1. The van der Waals surface area contributed by atoms with E-state index in [1.54, 1.807) is 0 Å². The fourth-order valence-electron chi connectivity index (χ4n) is 4.11. The van der Waals surface area contributed by atoms with Crippen molar-refractivity contribution in [1.82, 2.24) is 9.88 Å². The Bertz CT molecular complexity index is 1030. The number of nitrogens with zero attached hydrogens (tertiary/aromatic N) is 3. The number of likely N-dealkylation sites (tertiary alicyclic amines) is 1. The van der Waals surface area contributed by atoms with Crippen LogP contribution in [0, 0.1) is 0 Å². The van der Waals surface area contributed by atoms with E-state index in [0.29, 0.717) is 19.0 Å².